The summed E-state index contributed by atoms with van der Waals surface area (Å²) in [5.74, 6) is -0.461. The third kappa shape index (κ3) is 3.05. The van der Waals surface area contributed by atoms with E-state index in [4.69, 9.17) is 0 Å². The molecule has 110 valence electrons. The van der Waals surface area contributed by atoms with Gasteiger partial charge in [-0.3, -0.25) is 4.90 Å². The number of rotatable bonds is 4. The van der Waals surface area contributed by atoms with E-state index in [9.17, 15) is 12.8 Å². The highest BCUT2D eigenvalue weighted by Gasteiger charge is 2.36. The Morgan fingerprint density at radius 3 is 2.70 bits per heavy atom. The van der Waals surface area contributed by atoms with Crippen LogP contribution in [0.5, 0.6) is 0 Å². The smallest absolute Gasteiger partial charge is 0.241 e. The fourth-order valence-electron chi connectivity index (χ4n) is 2.63. The van der Waals surface area contributed by atoms with Crippen molar-refractivity contribution in [2.24, 2.45) is 0 Å². The van der Waals surface area contributed by atoms with Gasteiger partial charge in [-0.05, 0) is 53.4 Å². The molecule has 0 amide bonds. The maximum Gasteiger partial charge on any atom is 0.241 e. The van der Waals surface area contributed by atoms with Gasteiger partial charge in [0, 0.05) is 29.6 Å². The summed E-state index contributed by atoms with van der Waals surface area (Å²) in [6, 6.07) is 4.21. The van der Waals surface area contributed by atoms with Crippen LogP contribution in [0.2, 0.25) is 0 Å². The van der Waals surface area contributed by atoms with Crippen molar-refractivity contribution >= 4 is 26.0 Å². The molecule has 0 spiro atoms. The van der Waals surface area contributed by atoms with E-state index in [-0.39, 0.29) is 15.4 Å². The molecular weight excluding hydrogens is 347 g/mol. The number of nitrogens with zero attached hydrogens (tertiary/aromatic N) is 1. The summed E-state index contributed by atoms with van der Waals surface area (Å²) < 4.78 is 40.7. The summed E-state index contributed by atoms with van der Waals surface area (Å²) >= 11 is 3.11. The highest BCUT2D eigenvalue weighted by atomic mass is 79.9. The maximum atomic E-state index is 13.0. The molecule has 1 aliphatic carbocycles. The summed E-state index contributed by atoms with van der Waals surface area (Å²) in [5.41, 5.74) is 0. The minimum absolute atomic E-state index is 0.0578. The van der Waals surface area contributed by atoms with Gasteiger partial charge in [-0.15, -0.1) is 0 Å². The maximum absolute atomic E-state index is 13.0. The third-order valence-corrected chi connectivity index (χ3v) is 6.29. The highest BCUT2D eigenvalue weighted by Crippen LogP contribution is 2.30. The minimum Gasteiger partial charge on any atom is -0.299 e. The van der Waals surface area contributed by atoms with Crippen LogP contribution < -0.4 is 4.72 Å². The summed E-state index contributed by atoms with van der Waals surface area (Å²) in [5, 5.41) is 0. The molecular formula is C13H16BrFN2O2S. The normalized spacial score (nSPS) is 24.2. The molecule has 1 saturated carbocycles. The SMILES string of the molecule is O=S(=O)(NC1CCN(C2CC2)C1)c1ccc(F)cc1Br. The van der Waals surface area contributed by atoms with Crippen molar-refractivity contribution in [3.63, 3.8) is 0 Å². The van der Waals surface area contributed by atoms with Crippen LogP contribution in [-0.2, 0) is 10.0 Å². The third-order valence-electron chi connectivity index (χ3n) is 3.79. The van der Waals surface area contributed by atoms with Gasteiger partial charge in [0.1, 0.15) is 5.82 Å². The van der Waals surface area contributed by atoms with Gasteiger partial charge in [0.2, 0.25) is 10.0 Å². The topological polar surface area (TPSA) is 49.4 Å². The van der Waals surface area contributed by atoms with Crippen molar-refractivity contribution in [2.75, 3.05) is 13.1 Å². The Balaban J connectivity index is 1.72. The number of benzene rings is 1. The Labute approximate surface area is 126 Å². The van der Waals surface area contributed by atoms with Gasteiger partial charge in [0.25, 0.3) is 0 Å². The quantitative estimate of drug-likeness (QED) is 0.892. The largest absolute Gasteiger partial charge is 0.299 e. The number of nitrogens with one attached hydrogen (secondary N) is 1. The Kier molecular flexibility index (Phi) is 3.87. The second-order valence-corrected chi connectivity index (χ2v) is 7.94. The van der Waals surface area contributed by atoms with Crippen molar-refractivity contribution in [3.05, 3.63) is 28.5 Å². The second kappa shape index (κ2) is 5.36. The van der Waals surface area contributed by atoms with Crippen molar-refractivity contribution in [1.29, 1.82) is 0 Å². The molecule has 0 bridgehead atoms. The lowest BCUT2D eigenvalue weighted by Crippen LogP contribution is -2.37. The van der Waals surface area contributed by atoms with Crippen LogP contribution in [0.1, 0.15) is 19.3 Å². The second-order valence-electron chi connectivity index (χ2n) is 5.41. The van der Waals surface area contributed by atoms with E-state index in [2.05, 4.69) is 25.6 Å². The highest BCUT2D eigenvalue weighted by molar-refractivity contribution is 9.10. The lowest BCUT2D eigenvalue weighted by molar-refractivity contribution is 0.322. The van der Waals surface area contributed by atoms with Crippen LogP contribution in [0, 0.1) is 5.82 Å². The van der Waals surface area contributed by atoms with E-state index in [0.29, 0.717) is 6.04 Å². The van der Waals surface area contributed by atoms with Crippen LogP contribution >= 0.6 is 15.9 Å². The molecule has 1 saturated heterocycles. The fraction of sp³-hybridized carbons (Fsp3) is 0.538. The van der Waals surface area contributed by atoms with Gasteiger partial charge < -0.3 is 0 Å². The van der Waals surface area contributed by atoms with Gasteiger partial charge >= 0.3 is 0 Å². The van der Waals surface area contributed by atoms with Crippen LogP contribution in [-0.4, -0.2) is 38.5 Å². The van der Waals surface area contributed by atoms with Crippen LogP contribution in [0.4, 0.5) is 4.39 Å². The van der Waals surface area contributed by atoms with Gasteiger partial charge in [-0.2, -0.15) is 0 Å². The number of hydrogen-bond acceptors (Lipinski definition) is 3. The van der Waals surface area contributed by atoms with E-state index < -0.39 is 15.8 Å². The van der Waals surface area contributed by atoms with E-state index in [1.165, 1.54) is 25.0 Å². The predicted octanol–water partition coefficient (Wildman–Crippen LogP) is 2.10. The minimum atomic E-state index is -3.61. The number of hydrogen-bond donors (Lipinski definition) is 1. The van der Waals surface area contributed by atoms with Crippen LogP contribution in [0.15, 0.2) is 27.6 Å². The molecule has 0 aromatic heterocycles. The van der Waals surface area contributed by atoms with Crippen LogP contribution in [0.3, 0.4) is 0 Å². The number of halogens is 2. The first-order valence-corrected chi connectivity index (χ1v) is 8.95. The molecule has 1 atom stereocenters. The molecule has 1 aromatic rings. The molecule has 1 unspecified atom stereocenters. The number of likely N-dealkylation sites (tertiary alicyclic amines) is 1. The average molecular weight is 363 g/mol. The lowest BCUT2D eigenvalue weighted by atomic mass is 10.3. The first-order valence-electron chi connectivity index (χ1n) is 6.67. The summed E-state index contributed by atoms with van der Waals surface area (Å²) in [6.07, 6.45) is 3.28. The molecule has 2 aliphatic rings. The molecule has 1 aromatic carbocycles. The van der Waals surface area contributed by atoms with Gasteiger partial charge in [-0.25, -0.2) is 17.5 Å². The summed E-state index contributed by atoms with van der Waals surface area (Å²) in [6.45, 7) is 1.71. The molecule has 4 nitrogen and oxygen atoms in total. The number of sulfonamides is 1. The molecule has 20 heavy (non-hydrogen) atoms. The molecule has 1 N–H and O–H groups in total. The zero-order chi connectivity index (χ0) is 14.3. The molecule has 1 heterocycles. The fourth-order valence-corrected chi connectivity index (χ4v) is 4.94. The monoisotopic (exact) mass is 362 g/mol. The molecule has 3 rings (SSSR count). The van der Waals surface area contributed by atoms with E-state index >= 15 is 0 Å². The van der Waals surface area contributed by atoms with Crippen LogP contribution in [0.25, 0.3) is 0 Å². The Morgan fingerprint density at radius 2 is 2.05 bits per heavy atom. The molecule has 1 aliphatic heterocycles. The molecule has 0 radical (unpaired) electrons. The van der Waals surface area contributed by atoms with Crippen molar-refractivity contribution in [3.8, 4) is 0 Å². The Morgan fingerprint density at radius 1 is 1.30 bits per heavy atom. The van der Waals surface area contributed by atoms with E-state index in [1.807, 2.05) is 0 Å². The van der Waals surface area contributed by atoms with E-state index in [1.54, 1.807) is 0 Å². The van der Waals surface area contributed by atoms with E-state index in [0.717, 1.165) is 25.6 Å². The van der Waals surface area contributed by atoms with Gasteiger partial charge in [0.15, 0.2) is 0 Å². The Hall–Kier alpha value is -0.500. The predicted molar refractivity (Wildman–Crippen MR) is 77.4 cm³/mol. The van der Waals surface area contributed by atoms with Gasteiger partial charge in [0.05, 0.1) is 4.90 Å². The van der Waals surface area contributed by atoms with Crippen molar-refractivity contribution in [2.45, 2.75) is 36.2 Å². The summed E-state index contributed by atoms with van der Waals surface area (Å²) in [4.78, 5) is 2.43. The first-order chi connectivity index (χ1) is 9.45. The molecule has 7 heteroatoms. The van der Waals surface area contributed by atoms with Gasteiger partial charge in [-0.1, -0.05) is 0 Å². The van der Waals surface area contributed by atoms with Crippen molar-refractivity contribution < 1.29 is 12.8 Å². The average Bonchev–Trinajstić information content (AvgIpc) is 3.10. The Bertz CT molecular complexity index is 619. The standard InChI is InChI=1S/C13H16BrFN2O2S/c14-12-7-9(15)1-4-13(12)20(18,19)16-10-5-6-17(8-10)11-2-3-11/h1,4,7,10-11,16H,2-3,5-6,8H2. The van der Waals surface area contributed by atoms with Crippen molar-refractivity contribution in [1.82, 2.24) is 9.62 Å². The zero-order valence-corrected chi connectivity index (χ0v) is 13.3. The lowest BCUT2D eigenvalue weighted by Gasteiger charge is -2.16. The first kappa shape index (κ1) is 14.4. The summed E-state index contributed by atoms with van der Waals surface area (Å²) in [7, 11) is -3.61. The molecule has 2 fully saturated rings. The zero-order valence-electron chi connectivity index (χ0n) is 10.9.